The number of aromatic amines is 1. The first-order chi connectivity index (χ1) is 7.47. The molecule has 0 aliphatic rings. The summed E-state index contributed by atoms with van der Waals surface area (Å²) in [6.45, 7) is 0. The summed E-state index contributed by atoms with van der Waals surface area (Å²) in [4.78, 5) is 3.48. The van der Waals surface area contributed by atoms with Gasteiger partial charge in [0.15, 0.2) is 0 Å². The fourth-order valence-corrected chi connectivity index (χ4v) is 1.21. The van der Waals surface area contributed by atoms with E-state index in [1.54, 1.807) is 0 Å². The molecule has 4 nitrogen and oxygen atoms in total. The van der Waals surface area contributed by atoms with E-state index in [1.165, 1.54) is 18.2 Å². The zero-order chi connectivity index (χ0) is 11.8. The largest absolute Gasteiger partial charge is 0.433 e. The molecule has 0 aromatic carbocycles. The Morgan fingerprint density at radius 1 is 1.24 bits per heavy atom. The van der Waals surface area contributed by atoms with Gasteiger partial charge in [-0.3, -0.25) is 5.10 Å². The molecule has 0 saturated heterocycles. The Balaban J connectivity index is 0.00000144. The average Bonchev–Trinajstić information content (AvgIpc) is 2.64. The number of nitrogens with zero attached hydrogens (tertiary/aromatic N) is 2. The molecule has 2 heterocycles. The Morgan fingerprint density at radius 3 is 2.47 bits per heavy atom. The predicted octanol–water partition coefficient (Wildman–Crippen LogP) is 2.49. The van der Waals surface area contributed by atoms with E-state index in [0.717, 1.165) is 6.07 Å². The molecule has 2 aromatic rings. The number of hydrogen-bond acceptors (Lipinski definition) is 3. The van der Waals surface area contributed by atoms with Crippen molar-refractivity contribution in [2.24, 2.45) is 0 Å². The number of nitrogen functional groups attached to an aromatic ring is 1. The SMILES string of the molecule is Cl.Nc1cc(-c2cccc(C(F)(F)F)n2)[nH]n1. The van der Waals surface area contributed by atoms with Crippen LogP contribution in [-0.2, 0) is 6.18 Å². The van der Waals surface area contributed by atoms with E-state index in [9.17, 15) is 13.2 Å². The lowest BCUT2D eigenvalue weighted by atomic mass is 10.2. The smallest absolute Gasteiger partial charge is 0.382 e. The van der Waals surface area contributed by atoms with Crippen LogP contribution in [0, 0.1) is 0 Å². The van der Waals surface area contributed by atoms with Gasteiger partial charge in [-0.05, 0) is 12.1 Å². The first-order valence-corrected chi connectivity index (χ1v) is 4.32. The number of nitrogens with two attached hydrogens (primary N) is 1. The van der Waals surface area contributed by atoms with Crippen molar-refractivity contribution in [3.8, 4) is 11.4 Å². The van der Waals surface area contributed by atoms with E-state index in [-0.39, 0.29) is 23.9 Å². The van der Waals surface area contributed by atoms with Crippen LogP contribution in [0.4, 0.5) is 19.0 Å². The van der Waals surface area contributed by atoms with Crippen LogP contribution in [0.25, 0.3) is 11.4 Å². The van der Waals surface area contributed by atoms with Crippen LogP contribution in [0.3, 0.4) is 0 Å². The molecule has 0 amide bonds. The maximum absolute atomic E-state index is 12.4. The first-order valence-electron chi connectivity index (χ1n) is 4.32. The molecular weight excluding hydrogens is 257 g/mol. The summed E-state index contributed by atoms with van der Waals surface area (Å²) in [6.07, 6.45) is -4.46. The molecule has 0 fully saturated rings. The van der Waals surface area contributed by atoms with Gasteiger partial charge in [-0.2, -0.15) is 18.3 Å². The van der Waals surface area contributed by atoms with Gasteiger partial charge < -0.3 is 5.73 Å². The topological polar surface area (TPSA) is 67.6 Å². The van der Waals surface area contributed by atoms with E-state index in [2.05, 4.69) is 15.2 Å². The van der Waals surface area contributed by atoms with Crippen molar-refractivity contribution in [1.82, 2.24) is 15.2 Å². The van der Waals surface area contributed by atoms with E-state index in [4.69, 9.17) is 5.73 Å². The van der Waals surface area contributed by atoms with Crippen molar-refractivity contribution in [3.05, 3.63) is 30.0 Å². The van der Waals surface area contributed by atoms with Gasteiger partial charge in [0.05, 0.1) is 11.4 Å². The summed E-state index contributed by atoms with van der Waals surface area (Å²) < 4.78 is 37.1. The molecule has 2 aromatic heterocycles. The van der Waals surface area contributed by atoms with Crippen LogP contribution < -0.4 is 5.73 Å². The second kappa shape index (κ2) is 4.62. The molecule has 0 unspecified atom stereocenters. The second-order valence-corrected chi connectivity index (χ2v) is 3.11. The van der Waals surface area contributed by atoms with Crippen LogP contribution in [0.15, 0.2) is 24.3 Å². The number of nitrogens with one attached hydrogen (secondary N) is 1. The predicted molar refractivity (Wildman–Crippen MR) is 58.5 cm³/mol. The van der Waals surface area contributed by atoms with Gasteiger partial charge in [0.1, 0.15) is 11.5 Å². The Hall–Kier alpha value is -1.76. The third-order valence-electron chi connectivity index (χ3n) is 1.91. The molecule has 8 heteroatoms. The maximum Gasteiger partial charge on any atom is 0.433 e. The molecule has 0 radical (unpaired) electrons. The third-order valence-corrected chi connectivity index (χ3v) is 1.91. The standard InChI is InChI=1S/C9H7F3N4.ClH/c10-9(11,12)7-3-1-2-5(14-7)6-4-8(13)16-15-6;/h1-4H,(H3,13,15,16);1H. The zero-order valence-corrected chi connectivity index (χ0v) is 9.14. The monoisotopic (exact) mass is 264 g/mol. The molecule has 92 valence electrons. The molecule has 0 spiro atoms. The number of H-pyrrole nitrogens is 1. The number of halogens is 4. The summed E-state index contributed by atoms with van der Waals surface area (Å²) in [5, 5.41) is 6.11. The minimum Gasteiger partial charge on any atom is -0.382 e. The van der Waals surface area contributed by atoms with E-state index in [0.29, 0.717) is 5.69 Å². The van der Waals surface area contributed by atoms with Crippen LogP contribution >= 0.6 is 12.4 Å². The highest BCUT2D eigenvalue weighted by atomic mass is 35.5. The molecular formula is C9H8ClF3N4. The van der Waals surface area contributed by atoms with Gasteiger partial charge >= 0.3 is 6.18 Å². The minimum atomic E-state index is -4.46. The lowest BCUT2D eigenvalue weighted by molar-refractivity contribution is -0.141. The molecule has 17 heavy (non-hydrogen) atoms. The number of anilines is 1. The summed E-state index contributed by atoms with van der Waals surface area (Å²) in [7, 11) is 0. The Kier molecular flexibility index (Phi) is 3.62. The molecule has 0 bridgehead atoms. The van der Waals surface area contributed by atoms with Gasteiger partial charge in [0.25, 0.3) is 0 Å². The number of pyridine rings is 1. The number of aromatic nitrogens is 3. The normalized spacial score (nSPS) is 11.0. The van der Waals surface area contributed by atoms with E-state index < -0.39 is 11.9 Å². The molecule has 0 saturated carbocycles. The van der Waals surface area contributed by atoms with Gasteiger partial charge in [-0.15, -0.1) is 12.4 Å². The van der Waals surface area contributed by atoms with Crippen molar-refractivity contribution in [1.29, 1.82) is 0 Å². The van der Waals surface area contributed by atoms with E-state index in [1.807, 2.05) is 0 Å². The zero-order valence-electron chi connectivity index (χ0n) is 8.32. The lowest BCUT2D eigenvalue weighted by Gasteiger charge is -2.06. The van der Waals surface area contributed by atoms with Gasteiger partial charge in [0.2, 0.25) is 0 Å². The quantitative estimate of drug-likeness (QED) is 0.831. The van der Waals surface area contributed by atoms with Crippen molar-refractivity contribution < 1.29 is 13.2 Å². The fourth-order valence-electron chi connectivity index (χ4n) is 1.21. The minimum absolute atomic E-state index is 0. The Bertz CT molecular complexity index is 509. The third kappa shape index (κ3) is 2.88. The highest BCUT2D eigenvalue weighted by molar-refractivity contribution is 5.85. The Labute approximate surface area is 100 Å². The first kappa shape index (κ1) is 13.3. The Morgan fingerprint density at radius 2 is 1.94 bits per heavy atom. The van der Waals surface area contributed by atoms with Crippen molar-refractivity contribution in [3.63, 3.8) is 0 Å². The number of alkyl halides is 3. The highest BCUT2D eigenvalue weighted by Crippen LogP contribution is 2.29. The molecule has 2 rings (SSSR count). The molecule has 0 atom stereocenters. The lowest BCUT2D eigenvalue weighted by Crippen LogP contribution is -2.08. The van der Waals surface area contributed by atoms with Crippen molar-refractivity contribution >= 4 is 18.2 Å². The summed E-state index contributed by atoms with van der Waals surface area (Å²) in [5.41, 5.74) is 4.90. The number of rotatable bonds is 1. The van der Waals surface area contributed by atoms with Crippen molar-refractivity contribution in [2.75, 3.05) is 5.73 Å². The van der Waals surface area contributed by atoms with Crippen molar-refractivity contribution in [2.45, 2.75) is 6.18 Å². The highest BCUT2D eigenvalue weighted by Gasteiger charge is 2.32. The van der Waals surface area contributed by atoms with Crippen LogP contribution in [0.1, 0.15) is 5.69 Å². The van der Waals surface area contributed by atoms with Crippen LogP contribution in [0.2, 0.25) is 0 Å². The van der Waals surface area contributed by atoms with Gasteiger partial charge in [-0.1, -0.05) is 6.07 Å². The van der Waals surface area contributed by atoms with E-state index >= 15 is 0 Å². The summed E-state index contributed by atoms with van der Waals surface area (Å²) in [5.74, 6) is 0.203. The fraction of sp³-hybridized carbons (Fsp3) is 0.111. The van der Waals surface area contributed by atoms with Gasteiger partial charge in [0, 0.05) is 6.07 Å². The maximum atomic E-state index is 12.4. The molecule has 0 aliphatic carbocycles. The molecule has 0 aliphatic heterocycles. The molecule has 3 N–H and O–H groups in total. The van der Waals surface area contributed by atoms with Gasteiger partial charge in [-0.25, -0.2) is 4.98 Å². The number of hydrogen-bond donors (Lipinski definition) is 2. The second-order valence-electron chi connectivity index (χ2n) is 3.11. The van der Waals surface area contributed by atoms with Crippen LogP contribution in [0.5, 0.6) is 0 Å². The average molecular weight is 265 g/mol. The summed E-state index contributed by atoms with van der Waals surface area (Å²) >= 11 is 0. The van der Waals surface area contributed by atoms with Crippen LogP contribution in [-0.4, -0.2) is 15.2 Å². The summed E-state index contributed by atoms with van der Waals surface area (Å²) in [6, 6.07) is 5.05.